The molecule has 1 aliphatic rings. The molecule has 2 nitrogen and oxygen atoms in total. The molecule has 0 saturated carbocycles. The Morgan fingerprint density at radius 1 is 1.35 bits per heavy atom. The summed E-state index contributed by atoms with van der Waals surface area (Å²) in [5.41, 5.74) is 0.972. The Hall–Kier alpha value is -0.760. The zero-order valence-electron chi connectivity index (χ0n) is 10.5. The van der Waals surface area contributed by atoms with Crippen LogP contribution in [-0.2, 0) is 5.88 Å². The van der Waals surface area contributed by atoms with Gasteiger partial charge in [0.1, 0.15) is 5.82 Å². The van der Waals surface area contributed by atoms with Gasteiger partial charge in [-0.1, -0.05) is 25.8 Å². The molecule has 1 saturated heterocycles. The van der Waals surface area contributed by atoms with Crippen molar-refractivity contribution in [2.75, 3.05) is 18.0 Å². The van der Waals surface area contributed by atoms with Crippen LogP contribution in [0.5, 0.6) is 0 Å². The monoisotopic (exact) mass is 252 g/mol. The smallest absolute Gasteiger partial charge is 0.128 e. The second kappa shape index (κ2) is 6.25. The highest BCUT2D eigenvalue weighted by Gasteiger charge is 2.19. The normalized spacial score (nSPS) is 17.4. The van der Waals surface area contributed by atoms with Gasteiger partial charge < -0.3 is 4.90 Å². The molecule has 1 aromatic heterocycles. The Labute approximate surface area is 109 Å². The third-order valence-corrected chi connectivity index (χ3v) is 3.84. The van der Waals surface area contributed by atoms with Crippen molar-refractivity contribution in [3.63, 3.8) is 0 Å². The average molecular weight is 253 g/mol. The maximum atomic E-state index is 5.82. The maximum Gasteiger partial charge on any atom is 0.128 e. The quantitative estimate of drug-likeness (QED) is 0.757. The van der Waals surface area contributed by atoms with Crippen molar-refractivity contribution >= 4 is 17.4 Å². The summed E-state index contributed by atoms with van der Waals surface area (Å²) in [7, 11) is 0. The molecular formula is C14H21ClN2. The van der Waals surface area contributed by atoms with E-state index in [-0.39, 0.29) is 0 Å². The number of anilines is 1. The van der Waals surface area contributed by atoms with E-state index < -0.39 is 0 Å². The van der Waals surface area contributed by atoms with Crippen molar-refractivity contribution in [1.29, 1.82) is 0 Å². The third kappa shape index (κ3) is 3.35. The Kier molecular flexibility index (Phi) is 4.66. The molecule has 0 N–H and O–H groups in total. The lowest BCUT2D eigenvalue weighted by Crippen LogP contribution is -2.34. The van der Waals surface area contributed by atoms with Crippen LogP contribution in [0.1, 0.15) is 38.3 Å². The van der Waals surface area contributed by atoms with Crippen LogP contribution < -0.4 is 4.90 Å². The Morgan fingerprint density at radius 3 is 2.76 bits per heavy atom. The van der Waals surface area contributed by atoms with Crippen LogP contribution in [0.3, 0.4) is 0 Å². The fourth-order valence-corrected chi connectivity index (χ4v) is 2.73. The van der Waals surface area contributed by atoms with Gasteiger partial charge in [-0.25, -0.2) is 4.98 Å². The van der Waals surface area contributed by atoms with Gasteiger partial charge in [0.2, 0.25) is 0 Å². The highest BCUT2D eigenvalue weighted by atomic mass is 35.5. The van der Waals surface area contributed by atoms with E-state index in [9.17, 15) is 0 Å². The fourth-order valence-electron chi connectivity index (χ4n) is 2.58. The van der Waals surface area contributed by atoms with E-state index in [1.807, 2.05) is 6.07 Å². The molecule has 3 heteroatoms. The van der Waals surface area contributed by atoms with Gasteiger partial charge in [0.25, 0.3) is 0 Å². The number of hydrogen-bond donors (Lipinski definition) is 0. The van der Waals surface area contributed by atoms with Crippen molar-refractivity contribution < 1.29 is 0 Å². The van der Waals surface area contributed by atoms with Crippen LogP contribution in [0.25, 0.3) is 0 Å². The minimum atomic E-state index is 0.500. The van der Waals surface area contributed by atoms with Crippen molar-refractivity contribution in [1.82, 2.24) is 4.98 Å². The van der Waals surface area contributed by atoms with E-state index in [4.69, 9.17) is 11.6 Å². The summed E-state index contributed by atoms with van der Waals surface area (Å²) < 4.78 is 0. The lowest BCUT2D eigenvalue weighted by atomic mass is 9.92. The molecule has 1 aliphatic heterocycles. The second-order valence-corrected chi connectivity index (χ2v) is 5.11. The minimum Gasteiger partial charge on any atom is -0.357 e. The van der Waals surface area contributed by atoms with Gasteiger partial charge in [-0.05, 0) is 30.9 Å². The van der Waals surface area contributed by atoms with Gasteiger partial charge >= 0.3 is 0 Å². The lowest BCUT2D eigenvalue weighted by Gasteiger charge is -2.32. The highest BCUT2D eigenvalue weighted by Crippen LogP contribution is 2.25. The van der Waals surface area contributed by atoms with Crippen LogP contribution in [0.4, 0.5) is 5.82 Å². The van der Waals surface area contributed by atoms with E-state index in [0.717, 1.165) is 30.5 Å². The predicted molar refractivity (Wildman–Crippen MR) is 73.6 cm³/mol. The molecule has 0 atom stereocenters. The zero-order chi connectivity index (χ0) is 12.1. The van der Waals surface area contributed by atoms with Gasteiger partial charge in [0.15, 0.2) is 0 Å². The Balaban J connectivity index is 1.95. The van der Waals surface area contributed by atoms with Crippen molar-refractivity contribution in [2.45, 2.75) is 38.5 Å². The lowest BCUT2D eigenvalue weighted by molar-refractivity contribution is 0.377. The standard InChI is InChI=1S/C14H21ClN2/c1-2-4-12-7-9-17(10-8-12)14-6-3-5-13(11-15)16-14/h3,5-6,12H,2,4,7-11H2,1H3. The fraction of sp³-hybridized carbons (Fsp3) is 0.643. The average Bonchev–Trinajstić information content (AvgIpc) is 2.40. The molecular weight excluding hydrogens is 232 g/mol. The van der Waals surface area contributed by atoms with Crippen LogP contribution in [0, 0.1) is 5.92 Å². The zero-order valence-corrected chi connectivity index (χ0v) is 11.3. The van der Waals surface area contributed by atoms with Crippen LogP contribution in [-0.4, -0.2) is 18.1 Å². The summed E-state index contributed by atoms with van der Waals surface area (Å²) in [6.07, 6.45) is 5.30. The molecule has 0 bridgehead atoms. The Bertz CT molecular complexity index is 346. The van der Waals surface area contributed by atoms with E-state index in [0.29, 0.717) is 5.88 Å². The molecule has 0 aromatic carbocycles. The number of nitrogens with zero attached hydrogens (tertiary/aromatic N) is 2. The first-order chi connectivity index (χ1) is 8.33. The number of pyridine rings is 1. The third-order valence-electron chi connectivity index (χ3n) is 3.56. The van der Waals surface area contributed by atoms with Crippen LogP contribution in [0.2, 0.25) is 0 Å². The first kappa shape index (κ1) is 12.7. The maximum absolute atomic E-state index is 5.82. The first-order valence-corrected chi connectivity index (χ1v) is 7.13. The number of halogens is 1. The summed E-state index contributed by atoms with van der Waals surface area (Å²) in [5, 5.41) is 0. The highest BCUT2D eigenvalue weighted by molar-refractivity contribution is 6.16. The van der Waals surface area contributed by atoms with Gasteiger partial charge in [-0.2, -0.15) is 0 Å². The van der Waals surface area contributed by atoms with Crippen LogP contribution >= 0.6 is 11.6 Å². The first-order valence-electron chi connectivity index (χ1n) is 6.60. The van der Waals surface area contributed by atoms with Gasteiger partial charge in [-0.15, -0.1) is 11.6 Å². The van der Waals surface area contributed by atoms with Crippen molar-refractivity contribution in [2.24, 2.45) is 5.92 Å². The van der Waals surface area contributed by atoms with Crippen molar-refractivity contribution in [3.05, 3.63) is 23.9 Å². The molecule has 94 valence electrons. The van der Waals surface area contributed by atoms with E-state index in [2.05, 4.69) is 28.9 Å². The van der Waals surface area contributed by atoms with E-state index >= 15 is 0 Å². The molecule has 0 radical (unpaired) electrons. The number of piperidine rings is 1. The van der Waals surface area contributed by atoms with E-state index in [1.54, 1.807) is 0 Å². The molecule has 0 unspecified atom stereocenters. The topological polar surface area (TPSA) is 16.1 Å². The molecule has 0 amide bonds. The summed E-state index contributed by atoms with van der Waals surface area (Å²) in [6, 6.07) is 6.13. The van der Waals surface area contributed by atoms with Gasteiger partial charge in [0, 0.05) is 13.1 Å². The molecule has 0 aliphatic carbocycles. The molecule has 2 rings (SSSR count). The van der Waals surface area contributed by atoms with Crippen molar-refractivity contribution in [3.8, 4) is 0 Å². The number of aromatic nitrogens is 1. The molecule has 1 aromatic rings. The van der Waals surface area contributed by atoms with E-state index in [1.165, 1.54) is 25.7 Å². The minimum absolute atomic E-state index is 0.500. The molecule has 2 heterocycles. The predicted octanol–water partition coefficient (Wildman–Crippen LogP) is 3.84. The number of rotatable bonds is 4. The summed E-state index contributed by atoms with van der Waals surface area (Å²) in [4.78, 5) is 6.97. The van der Waals surface area contributed by atoms with Gasteiger partial charge in [0.05, 0.1) is 11.6 Å². The summed E-state index contributed by atoms with van der Waals surface area (Å²) in [6.45, 7) is 4.56. The second-order valence-electron chi connectivity index (χ2n) is 4.84. The molecule has 1 fully saturated rings. The van der Waals surface area contributed by atoms with Gasteiger partial charge in [-0.3, -0.25) is 0 Å². The molecule has 17 heavy (non-hydrogen) atoms. The Morgan fingerprint density at radius 2 is 2.12 bits per heavy atom. The van der Waals surface area contributed by atoms with Crippen LogP contribution in [0.15, 0.2) is 18.2 Å². The molecule has 0 spiro atoms. The SMILES string of the molecule is CCCC1CCN(c2cccc(CCl)n2)CC1. The summed E-state index contributed by atoms with van der Waals surface area (Å²) in [5.74, 6) is 2.52. The largest absolute Gasteiger partial charge is 0.357 e. The number of alkyl halides is 1. The summed E-state index contributed by atoms with van der Waals surface area (Å²) >= 11 is 5.82. The number of hydrogen-bond acceptors (Lipinski definition) is 2.